The molecule has 44 valence electrons. The number of hydrogen-bond acceptors (Lipinski definition) is 2. The van der Waals surface area contributed by atoms with Gasteiger partial charge in [0.2, 0.25) is 0 Å². The molecular weight excluding hydrogens is 104 g/mol. The van der Waals surface area contributed by atoms with E-state index in [-0.39, 0.29) is 9.52 Å². The first-order valence-corrected chi connectivity index (χ1v) is 5.24. The largest absolute Gasteiger partial charge is 0.329 e. The summed E-state index contributed by atoms with van der Waals surface area (Å²) in [5.41, 5.74) is 5.22. The number of nitrogens with one attached hydrogen (secondary N) is 1. The van der Waals surface area contributed by atoms with Crippen LogP contribution in [0.3, 0.4) is 0 Å². The zero-order valence-electron chi connectivity index (χ0n) is 4.91. The topological polar surface area (TPSA) is 38.0 Å². The molecule has 0 unspecified atom stereocenters. The molecule has 0 spiro atoms. The summed E-state index contributed by atoms with van der Waals surface area (Å²) in [5.74, 6) is 0. The van der Waals surface area contributed by atoms with E-state index in [9.17, 15) is 0 Å². The van der Waals surface area contributed by atoms with Gasteiger partial charge in [-0.2, -0.15) is 0 Å². The van der Waals surface area contributed by atoms with Crippen LogP contribution in [0.4, 0.5) is 0 Å². The first-order valence-electron chi connectivity index (χ1n) is 2.82. The van der Waals surface area contributed by atoms with Crippen molar-refractivity contribution < 1.29 is 0 Å². The van der Waals surface area contributed by atoms with Gasteiger partial charge in [-0.05, 0) is 6.17 Å². The second-order valence-corrected chi connectivity index (χ2v) is 3.04. The summed E-state index contributed by atoms with van der Waals surface area (Å²) in [6.45, 7) is 4.04. The molecule has 0 aliphatic rings. The van der Waals surface area contributed by atoms with Crippen LogP contribution >= 0.6 is 0 Å². The lowest BCUT2D eigenvalue weighted by molar-refractivity contribution is 0.777. The molecule has 0 rings (SSSR count). The van der Waals surface area contributed by atoms with Crippen LogP contribution in [0.2, 0.25) is 6.55 Å². The Hall–Kier alpha value is 0.137. The van der Waals surface area contributed by atoms with Crippen LogP contribution in [0, 0.1) is 0 Å². The minimum absolute atomic E-state index is 0.227. The van der Waals surface area contributed by atoms with Crippen LogP contribution in [0.1, 0.15) is 0 Å². The Balaban J connectivity index is 2.45. The molecule has 0 aromatic heterocycles. The highest BCUT2D eigenvalue weighted by atomic mass is 28.2. The SMILES string of the molecule is C[SiH2]CNCCN. The van der Waals surface area contributed by atoms with E-state index in [0.29, 0.717) is 0 Å². The van der Waals surface area contributed by atoms with Crippen molar-refractivity contribution >= 4 is 9.52 Å². The van der Waals surface area contributed by atoms with E-state index in [1.165, 1.54) is 6.17 Å². The van der Waals surface area contributed by atoms with Gasteiger partial charge in [0.05, 0.1) is 0 Å². The molecule has 0 aromatic carbocycles. The summed E-state index contributed by atoms with van der Waals surface area (Å²) in [6, 6.07) is 0. The first-order chi connectivity index (χ1) is 3.41. The number of nitrogens with two attached hydrogens (primary N) is 1. The Kier molecular flexibility index (Phi) is 6.26. The average molecular weight is 118 g/mol. The molecule has 0 amide bonds. The van der Waals surface area contributed by atoms with Crippen LogP contribution in [-0.4, -0.2) is 28.8 Å². The van der Waals surface area contributed by atoms with Gasteiger partial charge in [0.15, 0.2) is 0 Å². The predicted octanol–water partition coefficient (Wildman–Crippen LogP) is -1.29. The molecule has 0 heterocycles. The molecule has 7 heavy (non-hydrogen) atoms. The van der Waals surface area contributed by atoms with Crippen molar-refractivity contribution in [2.45, 2.75) is 6.55 Å². The molecule has 0 aliphatic heterocycles. The molecule has 0 saturated heterocycles. The minimum Gasteiger partial charge on any atom is -0.329 e. The quantitative estimate of drug-likeness (QED) is 0.356. The Morgan fingerprint density at radius 3 is 2.86 bits per heavy atom. The van der Waals surface area contributed by atoms with Crippen molar-refractivity contribution in [3.8, 4) is 0 Å². The third-order valence-corrected chi connectivity index (χ3v) is 1.60. The van der Waals surface area contributed by atoms with Gasteiger partial charge >= 0.3 is 0 Å². The summed E-state index contributed by atoms with van der Waals surface area (Å²) in [5, 5.41) is 3.22. The van der Waals surface area contributed by atoms with Gasteiger partial charge in [-0.1, -0.05) is 6.55 Å². The smallest absolute Gasteiger partial charge is 0.0334 e. The van der Waals surface area contributed by atoms with Crippen molar-refractivity contribution in [2.24, 2.45) is 5.73 Å². The highest BCUT2D eigenvalue weighted by Gasteiger charge is 1.77. The van der Waals surface area contributed by atoms with Crippen molar-refractivity contribution in [3.63, 3.8) is 0 Å². The van der Waals surface area contributed by atoms with Crippen LogP contribution in [0.25, 0.3) is 0 Å². The van der Waals surface area contributed by atoms with Gasteiger partial charge in [-0.3, -0.25) is 0 Å². The molecule has 0 atom stereocenters. The third-order valence-electron chi connectivity index (χ3n) is 0.748. The summed E-state index contributed by atoms with van der Waals surface area (Å²) < 4.78 is 0. The Morgan fingerprint density at radius 1 is 1.71 bits per heavy atom. The molecule has 0 saturated carbocycles. The minimum atomic E-state index is 0.227. The van der Waals surface area contributed by atoms with E-state index >= 15 is 0 Å². The maximum atomic E-state index is 5.22. The van der Waals surface area contributed by atoms with E-state index in [2.05, 4.69) is 11.9 Å². The van der Waals surface area contributed by atoms with Crippen molar-refractivity contribution in [2.75, 3.05) is 19.3 Å². The Labute approximate surface area is 47.3 Å². The summed E-state index contributed by atoms with van der Waals surface area (Å²) in [7, 11) is 0.227. The number of rotatable bonds is 4. The van der Waals surface area contributed by atoms with E-state index in [1.54, 1.807) is 0 Å². The molecule has 2 nitrogen and oxygen atoms in total. The first kappa shape index (κ1) is 7.14. The molecule has 0 fully saturated rings. The highest BCUT2D eigenvalue weighted by Crippen LogP contribution is 1.52. The zero-order valence-corrected chi connectivity index (χ0v) is 6.32. The molecule has 0 bridgehead atoms. The maximum Gasteiger partial charge on any atom is 0.0334 e. The summed E-state index contributed by atoms with van der Waals surface area (Å²) >= 11 is 0. The fourth-order valence-corrected chi connectivity index (χ4v) is 1.01. The van der Waals surface area contributed by atoms with E-state index in [4.69, 9.17) is 5.73 Å². The van der Waals surface area contributed by atoms with E-state index in [1.807, 2.05) is 0 Å². The third kappa shape index (κ3) is 6.14. The van der Waals surface area contributed by atoms with Gasteiger partial charge < -0.3 is 11.1 Å². The summed E-state index contributed by atoms with van der Waals surface area (Å²) in [6.07, 6.45) is 1.23. The fourth-order valence-electron chi connectivity index (χ4n) is 0.404. The average Bonchev–Trinajstić information content (AvgIpc) is 1.69. The van der Waals surface area contributed by atoms with Gasteiger partial charge in [0, 0.05) is 22.6 Å². The van der Waals surface area contributed by atoms with E-state index < -0.39 is 0 Å². The fraction of sp³-hybridized carbons (Fsp3) is 1.00. The monoisotopic (exact) mass is 118 g/mol. The zero-order chi connectivity index (χ0) is 5.54. The molecule has 3 heteroatoms. The van der Waals surface area contributed by atoms with Gasteiger partial charge in [-0.15, -0.1) is 0 Å². The Bertz CT molecular complexity index is 28.9. The summed E-state index contributed by atoms with van der Waals surface area (Å²) in [4.78, 5) is 0. The molecule has 0 aromatic rings. The standard InChI is InChI=1S/C4H14N2Si/c1-7-4-6-3-2-5/h6H,2-5,7H2,1H3. The molecule has 0 aliphatic carbocycles. The van der Waals surface area contributed by atoms with Crippen LogP contribution in [0.5, 0.6) is 0 Å². The molecular formula is C4H14N2Si. The normalized spacial score (nSPS) is 11.1. The number of hydrogen-bond donors (Lipinski definition) is 2. The highest BCUT2D eigenvalue weighted by molar-refractivity contribution is 6.33. The second-order valence-electron chi connectivity index (χ2n) is 1.54. The van der Waals surface area contributed by atoms with Crippen molar-refractivity contribution in [3.05, 3.63) is 0 Å². The van der Waals surface area contributed by atoms with Crippen LogP contribution in [-0.2, 0) is 0 Å². The van der Waals surface area contributed by atoms with Crippen molar-refractivity contribution in [1.82, 2.24) is 5.32 Å². The lowest BCUT2D eigenvalue weighted by Gasteiger charge is -1.95. The van der Waals surface area contributed by atoms with Crippen LogP contribution in [0.15, 0.2) is 0 Å². The molecule has 3 N–H and O–H groups in total. The van der Waals surface area contributed by atoms with Gasteiger partial charge in [0.25, 0.3) is 0 Å². The lowest BCUT2D eigenvalue weighted by atomic mass is 10.7. The van der Waals surface area contributed by atoms with Gasteiger partial charge in [-0.25, -0.2) is 0 Å². The Morgan fingerprint density at radius 2 is 2.43 bits per heavy atom. The van der Waals surface area contributed by atoms with E-state index in [0.717, 1.165) is 13.1 Å². The van der Waals surface area contributed by atoms with Gasteiger partial charge in [0.1, 0.15) is 0 Å². The van der Waals surface area contributed by atoms with Crippen molar-refractivity contribution in [1.29, 1.82) is 0 Å². The maximum absolute atomic E-state index is 5.22. The lowest BCUT2D eigenvalue weighted by Crippen LogP contribution is -2.25. The second kappa shape index (κ2) is 6.14. The predicted molar refractivity (Wildman–Crippen MR) is 36.3 cm³/mol. The van der Waals surface area contributed by atoms with Crippen LogP contribution < -0.4 is 11.1 Å². The molecule has 0 radical (unpaired) electrons.